The Morgan fingerprint density at radius 2 is 2.14 bits per heavy atom. The van der Waals surface area contributed by atoms with Crippen molar-refractivity contribution < 1.29 is 13.2 Å². The molecule has 148 valence electrons. The van der Waals surface area contributed by atoms with E-state index in [1.54, 1.807) is 35.3 Å². The maximum Gasteiger partial charge on any atom is 0.391 e. The summed E-state index contributed by atoms with van der Waals surface area (Å²) >= 11 is 5.31. The average Bonchev–Trinajstić information content (AvgIpc) is 3.15. The number of hydrogen-bond acceptors (Lipinski definition) is 4. The minimum Gasteiger partial charge on any atom is -0.355 e. The molecular formula is C18H18F3N5OS. The largest absolute Gasteiger partial charge is 0.391 e. The Morgan fingerprint density at radius 1 is 1.32 bits per heavy atom. The van der Waals surface area contributed by atoms with Crippen LogP contribution < -0.4 is 10.9 Å². The van der Waals surface area contributed by atoms with Crippen molar-refractivity contribution in [2.75, 3.05) is 6.54 Å². The summed E-state index contributed by atoms with van der Waals surface area (Å²) < 4.78 is 41.6. The average molecular weight is 409 g/mol. The van der Waals surface area contributed by atoms with Gasteiger partial charge in [0.05, 0.1) is 18.0 Å². The number of hydrogen-bond donors (Lipinski definition) is 3. The number of fused-ring (bicyclic) bond motifs is 1. The van der Waals surface area contributed by atoms with Crippen LogP contribution in [0.4, 0.5) is 13.2 Å². The summed E-state index contributed by atoms with van der Waals surface area (Å²) in [6.07, 6.45) is 0.696. The fourth-order valence-electron chi connectivity index (χ4n) is 3.78. The lowest BCUT2D eigenvalue weighted by molar-refractivity contribution is -0.183. The van der Waals surface area contributed by atoms with E-state index in [1.807, 2.05) is 0 Å². The molecule has 2 atom stereocenters. The highest BCUT2D eigenvalue weighted by atomic mass is 32.1. The van der Waals surface area contributed by atoms with Crippen LogP contribution in [0.15, 0.2) is 35.5 Å². The predicted octanol–water partition coefficient (Wildman–Crippen LogP) is 3.43. The van der Waals surface area contributed by atoms with Crippen LogP contribution >= 0.6 is 12.2 Å². The number of H-pyrrole nitrogens is 2. The Kier molecular flexibility index (Phi) is 4.84. The first kappa shape index (κ1) is 18.9. The van der Waals surface area contributed by atoms with Crippen LogP contribution in [-0.4, -0.2) is 32.2 Å². The summed E-state index contributed by atoms with van der Waals surface area (Å²) in [5.41, 5.74) is 2.26. The fraction of sp³-hybridized carbons (Fsp3) is 0.389. The summed E-state index contributed by atoms with van der Waals surface area (Å²) in [7, 11) is 0. The second kappa shape index (κ2) is 7.17. The van der Waals surface area contributed by atoms with Crippen molar-refractivity contribution in [1.29, 1.82) is 0 Å². The molecule has 4 rings (SSSR count). The minimum absolute atomic E-state index is 0.0290. The molecule has 1 fully saturated rings. The van der Waals surface area contributed by atoms with Gasteiger partial charge in [-0.3, -0.25) is 14.8 Å². The van der Waals surface area contributed by atoms with E-state index in [1.165, 1.54) is 0 Å². The topological polar surface area (TPSA) is 78.5 Å². The molecule has 1 aliphatic heterocycles. The number of alkyl halides is 3. The van der Waals surface area contributed by atoms with E-state index in [0.717, 1.165) is 5.56 Å². The van der Waals surface area contributed by atoms with Crippen molar-refractivity contribution in [3.8, 4) is 0 Å². The van der Waals surface area contributed by atoms with Crippen LogP contribution in [0, 0.1) is 10.7 Å². The normalized spacial score (nSPS) is 20.5. The fourth-order valence-corrected chi connectivity index (χ4v) is 4.03. The van der Waals surface area contributed by atoms with E-state index in [9.17, 15) is 18.0 Å². The summed E-state index contributed by atoms with van der Waals surface area (Å²) in [4.78, 5) is 21.6. The number of pyridine rings is 1. The number of halogens is 3. The summed E-state index contributed by atoms with van der Waals surface area (Å²) in [5.74, 6) is -1.33. The molecule has 28 heavy (non-hydrogen) atoms. The van der Waals surface area contributed by atoms with Crippen LogP contribution in [-0.2, 0) is 6.54 Å². The first-order chi connectivity index (χ1) is 13.3. The van der Waals surface area contributed by atoms with Crippen molar-refractivity contribution in [2.24, 2.45) is 5.92 Å². The van der Waals surface area contributed by atoms with Crippen molar-refractivity contribution in [2.45, 2.75) is 31.6 Å². The number of aromatic amines is 2. The van der Waals surface area contributed by atoms with Crippen LogP contribution in [0.5, 0.6) is 0 Å². The third-order valence-electron chi connectivity index (χ3n) is 5.23. The highest BCUT2D eigenvalue weighted by Gasteiger charge is 2.42. The molecule has 6 nitrogen and oxygen atoms in total. The Hall–Kier alpha value is -2.46. The third kappa shape index (κ3) is 3.49. The molecule has 3 aromatic heterocycles. The molecule has 0 aromatic carbocycles. The van der Waals surface area contributed by atoms with Gasteiger partial charge in [0.1, 0.15) is 5.52 Å². The van der Waals surface area contributed by atoms with Crippen molar-refractivity contribution >= 4 is 23.3 Å². The van der Waals surface area contributed by atoms with Crippen LogP contribution in [0.25, 0.3) is 11.0 Å². The van der Waals surface area contributed by atoms with Gasteiger partial charge in [0, 0.05) is 24.6 Å². The maximum atomic E-state index is 13.2. The van der Waals surface area contributed by atoms with Crippen LogP contribution in [0.1, 0.15) is 30.0 Å². The van der Waals surface area contributed by atoms with Gasteiger partial charge in [-0.2, -0.15) is 13.2 Å². The van der Waals surface area contributed by atoms with E-state index in [4.69, 9.17) is 12.2 Å². The molecule has 0 spiro atoms. The van der Waals surface area contributed by atoms with Gasteiger partial charge in [-0.05, 0) is 54.9 Å². The van der Waals surface area contributed by atoms with E-state index < -0.39 is 18.1 Å². The van der Waals surface area contributed by atoms with E-state index in [0.29, 0.717) is 29.7 Å². The SMILES string of the molecule is O=c1[nH]c(=S)n(Cc2ccncc2[C@@H]2C[C@H](C(F)(F)F)CCN2)c2cc[nH]c12. The van der Waals surface area contributed by atoms with Crippen molar-refractivity contribution in [3.63, 3.8) is 0 Å². The summed E-state index contributed by atoms with van der Waals surface area (Å²) in [6.45, 7) is 0.611. The maximum absolute atomic E-state index is 13.2. The minimum atomic E-state index is -4.21. The molecule has 3 aromatic rings. The van der Waals surface area contributed by atoms with Gasteiger partial charge in [-0.1, -0.05) is 0 Å². The molecule has 10 heteroatoms. The van der Waals surface area contributed by atoms with Crippen LogP contribution in [0.3, 0.4) is 0 Å². The first-order valence-corrected chi connectivity index (χ1v) is 9.28. The predicted molar refractivity (Wildman–Crippen MR) is 101 cm³/mol. The zero-order valence-electron chi connectivity index (χ0n) is 14.7. The molecule has 0 unspecified atom stereocenters. The van der Waals surface area contributed by atoms with Gasteiger partial charge in [-0.15, -0.1) is 0 Å². The molecule has 1 saturated heterocycles. The highest BCUT2D eigenvalue weighted by molar-refractivity contribution is 7.71. The van der Waals surface area contributed by atoms with Gasteiger partial charge >= 0.3 is 6.18 Å². The molecule has 0 amide bonds. The second-order valence-electron chi connectivity index (χ2n) is 6.93. The lowest BCUT2D eigenvalue weighted by Gasteiger charge is -2.32. The van der Waals surface area contributed by atoms with Gasteiger partial charge in [0.25, 0.3) is 5.56 Å². The third-order valence-corrected chi connectivity index (χ3v) is 5.55. The van der Waals surface area contributed by atoms with E-state index in [2.05, 4.69) is 20.3 Å². The summed E-state index contributed by atoms with van der Waals surface area (Å²) in [6, 6.07) is 3.09. The summed E-state index contributed by atoms with van der Waals surface area (Å²) in [5, 5.41) is 3.18. The molecule has 0 aliphatic carbocycles. The molecule has 4 heterocycles. The first-order valence-electron chi connectivity index (χ1n) is 8.87. The van der Waals surface area contributed by atoms with Gasteiger partial charge in [0.2, 0.25) is 0 Å². The Morgan fingerprint density at radius 3 is 2.93 bits per heavy atom. The Bertz CT molecular complexity index is 1120. The quantitative estimate of drug-likeness (QED) is 0.579. The molecule has 3 N–H and O–H groups in total. The Labute approximate surface area is 162 Å². The monoisotopic (exact) mass is 409 g/mol. The van der Waals surface area contributed by atoms with Gasteiger partial charge < -0.3 is 14.9 Å². The number of rotatable bonds is 3. The van der Waals surface area contributed by atoms with Crippen LogP contribution in [0.2, 0.25) is 0 Å². The Balaban J connectivity index is 1.71. The number of nitrogens with zero attached hydrogens (tertiary/aromatic N) is 2. The standard InChI is InChI=1S/C18H18F3N5OS/c19-18(20,21)11-2-5-23-13(7-11)12-8-22-4-1-10(12)9-26-14-3-6-24-15(14)16(27)25-17(26)28/h1,3-4,6,8,11,13,23-24H,2,5,7,9H2,(H,25,27,28)/t11-,13+/m1/s1. The van der Waals surface area contributed by atoms with E-state index >= 15 is 0 Å². The molecule has 0 saturated carbocycles. The van der Waals surface area contributed by atoms with Crippen molar-refractivity contribution in [3.05, 3.63) is 57.0 Å². The zero-order valence-corrected chi connectivity index (χ0v) is 15.5. The lowest BCUT2D eigenvalue weighted by atomic mass is 9.87. The number of nitrogens with one attached hydrogen (secondary N) is 3. The van der Waals surface area contributed by atoms with E-state index in [-0.39, 0.29) is 23.2 Å². The zero-order chi connectivity index (χ0) is 19.9. The lowest BCUT2D eigenvalue weighted by Crippen LogP contribution is -2.38. The number of aromatic nitrogens is 4. The van der Waals surface area contributed by atoms with Crippen molar-refractivity contribution in [1.82, 2.24) is 24.8 Å². The number of piperidine rings is 1. The molecule has 1 aliphatic rings. The van der Waals surface area contributed by atoms with Gasteiger partial charge in [0.15, 0.2) is 4.77 Å². The van der Waals surface area contributed by atoms with Gasteiger partial charge in [-0.25, -0.2) is 0 Å². The smallest absolute Gasteiger partial charge is 0.355 e. The highest BCUT2D eigenvalue weighted by Crippen LogP contribution is 2.38. The molecule has 0 radical (unpaired) electrons. The molecule has 0 bridgehead atoms. The molecular weight excluding hydrogens is 391 g/mol. The second-order valence-corrected chi connectivity index (χ2v) is 7.31.